The van der Waals surface area contributed by atoms with Crippen LogP contribution in [0.3, 0.4) is 0 Å². The fourth-order valence-electron chi connectivity index (χ4n) is 2.79. The largest absolute Gasteiger partial charge is 0.481 e. The highest BCUT2D eigenvalue weighted by molar-refractivity contribution is 5.78. The topological polar surface area (TPSA) is 75.4 Å². The van der Waals surface area contributed by atoms with E-state index in [1.54, 1.807) is 15.8 Å². The number of hydrogen-bond donors (Lipinski definition) is 1. The first kappa shape index (κ1) is 14.6. The second kappa shape index (κ2) is 6.54. The Morgan fingerprint density at radius 1 is 1.45 bits per heavy atom. The van der Waals surface area contributed by atoms with E-state index in [-0.39, 0.29) is 11.9 Å². The number of carboxylic acids is 1. The summed E-state index contributed by atoms with van der Waals surface area (Å²) in [5, 5.41) is 13.2. The maximum absolute atomic E-state index is 12.2. The van der Waals surface area contributed by atoms with Crippen LogP contribution in [0.15, 0.2) is 18.5 Å². The maximum atomic E-state index is 12.2. The lowest BCUT2D eigenvalue weighted by Gasteiger charge is -2.37. The van der Waals surface area contributed by atoms with Crippen LogP contribution < -0.4 is 0 Å². The number of aliphatic carboxylic acids is 1. The van der Waals surface area contributed by atoms with Crippen molar-refractivity contribution in [3.63, 3.8) is 0 Å². The molecule has 2 rings (SSSR count). The molecule has 1 aliphatic rings. The Bertz CT molecular complexity index is 458. The molecule has 1 aromatic rings. The highest BCUT2D eigenvalue weighted by Gasteiger charge is 2.34. The van der Waals surface area contributed by atoms with Gasteiger partial charge in [0, 0.05) is 37.9 Å². The van der Waals surface area contributed by atoms with Crippen LogP contribution in [0, 0.1) is 5.92 Å². The summed E-state index contributed by atoms with van der Waals surface area (Å²) in [6.07, 6.45) is 6.18. The van der Waals surface area contributed by atoms with E-state index in [2.05, 4.69) is 5.10 Å². The van der Waals surface area contributed by atoms with Gasteiger partial charge in [0.2, 0.25) is 5.91 Å². The molecule has 0 saturated carbocycles. The number of likely N-dealkylation sites (tertiary alicyclic amines) is 1. The molecule has 1 aliphatic heterocycles. The highest BCUT2D eigenvalue weighted by Crippen LogP contribution is 2.24. The Labute approximate surface area is 118 Å². The zero-order valence-corrected chi connectivity index (χ0v) is 11.7. The van der Waals surface area contributed by atoms with E-state index in [9.17, 15) is 9.59 Å². The van der Waals surface area contributed by atoms with Crippen LogP contribution in [0.1, 0.15) is 32.6 Å². The molecule has 0 aromatic carbocycles. The fourth-order valence-corrected chi connectivity index (χ4v) is 2.79. The van der Waals surface area contributed by atoms with E-state index in [0.29, 0.717) is 25.9 Å². The smallest absolute Gasteiger partial charge is 0.308 e. The predicted octanol–water partition coefficient (Wildman–Crippen LogP) is 1.37. The Balaban J connectivity index is 1.83. The molecule has 1 saturated heterocycles. The number of rotatable bonds is 5. The number of piperidine rings is 1. The van der Waals surface area contributed by atoms with E-state index in [1.165, 1.54) is 0 Å². The van der Waals surface area contributed by atoms with Gasteiger partial charge in [-0.3, -0.25) is 14.3 Å². The third kappa shape index (κ3) is 3.37. The number of carbonyl (C=O) groups excluding carboxylic acids is 1. The van der Waals surface area contributed by atoms with Crippen LogP contribution in [0.2, 0.25) is 0 Å². The van der Waals surface area contributed by atoms with Crippen LogP contribution in [0.25, 0.3) is 0 Å². The summed E-state index contributed by atoms with van der Waals surface area (Å²) in [6.45, 7) is 3.22. The number of carbonyl (C=O) groups is 2. The minimum absolute atomic E-state index is 0.0515. The number of aromatic nitrogens is 2. The van der Waals surface area contributed by atoms with E-state index < -0.39 is 11.9 Å². The molecule has 6 nitrogen and oxygen atoms in total. The van der Waals surface area contributed by atoms with Gasteiger partial charge in [0.25, 0.3) is 0 Å². The van der Waals surface area contributed by atoms with E-state index in [1.807, 2.05) is 19.2 Å². The van der Waals surface area contributed by atoms with Crippen LogP contribution in [-0.4, -0.2) is 44.3 Å². The van der Waals surface area contributed by atoms with Gasteiger partial charge in [0.05, 0.1) is 5.92 Å². The Morgan fingerprint density at radius 3 is 2.90 bits per heavy atom. The van der Waals surface area contributed by atoms with E-state index in [4.69, 9.17) is 5.11 Å². The SMILES string of the molecule is C[C@@H]1[C@H](C(=O)O)CCCN1C(=O)CCCn1cccn1. The van der Waals surface area contributed by atoms with Gasteiger partial charge in [-0.15, -0.1) is 0 Å². The van der Waals surface area contributed by atoms with Gasteiger partial charge < -0.3 is 10.0 Å². The van der Waals surface area contributed by atoms with Crippen LogP contribution >= 0.6 is 0 Å². The third-order valence-corrected chi connectivity index (χ3v) is 3.96. The monoisotopic (exact) mass is 279 g/mol. The lowest BCUT2D eigenvalue weighted by Crippen LogP contribution is -2.49. The molecule has 1 amide bonds. The summed E-state index contributed by atoms with van der Waals surface area (Å²) in [6, 6.07) is 1.64. The molecule has 2 heterocycles. The molecule has 0 aliphatic carbocycles. The fraction of sp³-hybridized carbons (Fsp3) is 0.643. The minimum Gasteiger partial charge on any atom is -0.481 e. The average molecular weight is 279 g/mol. The van der Waals surface area contributed by atoms with Crippen molar-refractivity contribution in [2.45, 2.75) is 45.2 Å². The first-order valence-electron chi connectivity index (χ1n) is 7.09. The molecule has 0 bridgehead atoms. The van der Waals surface area contributed by atoms with Crippen molar-refractivity contribution in [2.24, 2.45) is 5.92 Å². The van der Waals surface area contributed by atoms with Crippen molar-refractivity contribution in [3.8, 4) is 0 Å². The van der Waals surface area contributed by atoms with Gasteiger partial charge in [-0.2, -0.15) is 5.10 Å². The second-order valence-corrected chi connectivity index (χ2v) is 5.29. The number of amides is 1. The third-order valence-electron chi connectivity index (χ3n) is 3.96. The Morgan fingerprint density at radius 2 is 2.25 bits per heavy atom. The summed E-state index contributed by atoms with van der Waals surface area (Å²) in [5.74, 6) is -1.18. The molecule has 1 fully saturated rings. The standard InChI is InChI=1S/C14H21N3O3/c1-11-12(14(19)20)5-2-10-17(11)13(18)6-3-8-16-9-4-7-15-16/h4,7,9,11-12H,2-3,5-6,8,10H2,1H3,(H,19,20)/t11-,12-/m1/s1. The zero-order chi connectivity index (χ0) is 14.5. The molecular formula is C14H21N3O3. The molecule has 110 valence electrons. The first-order chi connectivity index (χ1) is 9.59. The van der Waals surface area contributed by atoms with Crippen molar-refractivity contribution in [2.75, 3.05) is 6.54 Å². The summed E-state index contributed by atoms with van der Waals surface area (Å²) >= 11 is 0. The van der Waals surface area contributed by atoms with Gasteiger partial charge in [-0.05, 0) is 32.3 Å². The van der Waals surface area contributed by atoms with Gasteiger partial charge in [-0.25, -0.2) is 0 Å². The average Bonchev–Trinajstić information content (AvgIpc) is 2.91. The maximum Gasteiger partial charge on any atom is 0.308 e. The van der Waals surface area contributed by atoms with Crippen molar-refractivity contribution in [1.82, 2.24) is 14.7 Å². The minimum atomic E-state index is -0.799. The highest BCUT2D eigenvalue weighted by atomic mass is 16.4. The molecule has 0 spiro atoms. The number of hydrogen-bond acceptors (Lipinski definition) is 3. The first-order valence-corrected chi connectivity index (χ1v) is 7.09. The lowest BCUT2D eigenvalue weighted by atomic mass is 9.90. The zero-order valence-electron chi connectivity index (χ0n) is 11.7. The summed E-state index contributed by atoms with van der Waals surface area (Å²) in [4.78, 5) is 25.1. The molecule has 20 heavy (non-hydrogen) atoms. The quantitative estimate of drug-likeness (QED) is 0.883. The van der Waals surface area contributed by atoms with Crippen LogP contribution in [0.4, 0.5) is 0 Å². The molecule has 0 radical (unpaired) electrons. The van der Waals surface area contributed by atoms with Crippen LogP contribution in [-0.2, 0) is 16.1 Å². The second-order valence-electron chi connectivity index (χ2n) is 5.29. The van der Waals surface area contributed by atoms with Gasteiger partial charge in [0.15, 0.2) is 0 Å². The van der Waals surface area contributed by atoms with Crippen molar-refractivity contribution in [1.29, 1.82) is 0 Å². The van der Waals surface area contributed by atoms with Gasteiger partial charge >= 0.3 is 5.97 Å². The lowest BCUT2D eigenvalue weighted by molar-refractivity contribution is -0.149. The summed E-state index contributed by atoms with van der Waals surface area (Å²) < 4.78 is 1.80. The Kier molecular flexibility index (Phi) is 4.76. The van der Waals surface area contributed by atoms with Gasteiger partial charge in [0.1, 0.15) is 0 Å². The van der Waals surface area contributed by atoms with Crippen molar-refractivity contribution in [3.05, 3.63) is 18.5 Å². The number of nitrogens with zero attached hydrogens (tertiary/aromatic N) is 3. The number of carboxylic acid groups (broad SMARTS) is 1. The van der Waals surface area contributed by atoms with Gasteiger partial charge in [-0.1, -0.05) is 0 Å². The predicted molar refractivity (Wildman–Crippen MR) is 73.0 cm³/mol. The Hall–Kier alpha value is -1.85. The van der Waals surface area contributed by atoms with Crippen molar-refractivity contribution < 1.29 is 14.7 Å². The summed E-state index contributed by atoms with van der Waals surface area (Å²) in [5.41, 5.74) is 0. The van der Waals surface area contributed by atoms with Crippen LogP contribution in [0.5, 0.6) is 0 Å². The van der Waals surface area contributed by atoms with E-state index >= 15 is 0 Å². The summed E-state index contributed by atoms with van der Waals surface area (Å²) in [7, 11) is 0. The molecule has 6 heteroatoms. The van der Waals surface area contributed by atoms with Crippen molar-refractivity contribution >= 4 is 11.9 Å². The number of aryl methyl sites for hydroxylation is 1. The molecule has 2 atom stereocenters. The molecule has 1 aromatic heterocycles. The molecule has 1 N–H and O–H groups in total. The molecule has 0 unspecified atom stereocenters. The molecular weight excluding hydrogens is 258 g/mol. The van der Waals surface area contributed by atoms with E-state index in [0.717, 1.165) is 12.8 Å². The normalized spacial score (nSPS) is 22.8.